The highest BCUT2D eigenvalue weighted by atomic mass is 35.5. The molecule has 24 heavy (non-hydrogen) atoms. The van der Waals surface area contributed by atoms with Crippen LogP contribution in [0.3, 0.4) is 0 Å². The van der Waals surface area contributed by atoms with Crippen molar-refractivity contribution in [2.24, 2.45) is 0 Å². The fourth-order valence-electron chi connectivity index (χ4n) is 2.29. The van der Waals surface area contributed by atoms with Crippen molar-refractivity contribution >= 4 is 42.6 Å². The Bertz CT molecular complexity index is 860. The molecule has 1 heterocycles. The average molecular weight is 408 g/mol. The van der Waals surface area contributed by atoms with Crippen molar-refractivity contribution < 1.29 is 16.8 Å². The highest BCUT2D eigenvalue weighted by Gasteiger charge is 2.30. The van der Waals surface area contributed by atoms with E-state index < -0.39 is 24.9 Å². The number of halogens is 1. The van der Waals surface area contributed by atoms with Crippen LogP contribution in [-0.2, 0) is 19.7 Å². The van der Waals surface area contributed by atoms with Gasteiger partial charge in [0.25, 0.3) is 0 Å². The van der Waals surface area contributed by atoms with E-state index in [4.69, 9.17) is 11.6 Å². The first kappa shape index (κ1) is 19.4. The molecule has 0 fully saturated rings. The van der Waals surface area contributed by atoms with Gasteiger partial charge in [0.2, 0.25) is 0 Å². The number of benzene rings is 1. The molecule has 132 valence electrons. The standard InChI is InChI=1S/C15H18ClNO4S3/c1-23(18,19)11-3-2-4-14(15-17-9-10-22-15)24(20,21)13-7-5-12(16)6-8-13/h5-10,14H,2-4,11H2,1H3. The Morgan fingerprint density at radius 3 is 2.33 bits per heavy atom. The Kier molecular flexibility index (Phi) is 6.41. The quantitative estimate of drug-likeness (QED) is 0.625. The van der Waals surface area contributed by atoms with Gasteiger partial charge in [0.05, 0.1) is 4.90 Å². The second-order valence-electron chi connectivity index (χ2n) is 5.48. The number of aromatic nitrogens is 1. The molecule has 1 atom stereocenters. The number of sulfone groups is 2. The summed E-state index contributed by atoms with van der Waals surface area (Å²) in [4.78, 5) is 4.34. The lowest BCUT2D eigenvalue weighted by atomic mass is 10.2. The maximum absolute atomic E-state index is 12.9. The Morgan fingerprint density at radius 1 is 1.12 bits per heavy atom. The number of nitrogens with zero attached hydrogens (tertiary/aromatic N) is 1. The first-order chi connectivity index (χ1) is 11.2. The Morgan fingerprint density at radius 2 is 1.79 bits per heavy atom. The smallest absolute Gasteiger partial charge is 0.187 e. The highest BCUT2D eigenvalue weighted by molar-refractivity contribution is 7.91. The topological polar surface area (TPSA) is 81.2 Å². The van der Waals surface area contributed by atoms with Crippen LogP contribution >= 0.6 is 22.9 Å². The van der Waals surface area contributed by atoms with E-state index in [-0.39, 0.29) is 10.6 Å². The van der Waals surface area contributed by atoms with Crippen molar-refractivity contribution in [2.45, 2.75) is 29.4 Å². The van der Waals surface area contributed by atoms with E-state index in [1.807, 2.05) is 0 Å². The van der Waals surface area contributed by atoms with Crippen LogP contribution in [-0.4, -0.2) is 33.8 Å². The molecule has 1 unspecified atom stereocenters. The van der Waals surface area contributed by atoms with E-state index in [9.17, 15) is 16.8 Å². The Labute approximate surface area is 151 Å². The lowest BCUT2D eigenvalue weighted by molar-refractivity contribution is 0.566. The van der Waals surface area contributed by atoms with E-state index in [1.54, 1.807) is 11.6 Å². The molecule has 2 aromatic rings. The molecule has 0 bridgehead atoms. The van der Waals surface area contributed by atoms with E-state index in [0.717, 1.165) is 0 Å². The zero-order chi connectivity index (χ0) is 17.8. The largest absolute Gasteiger partial charge is 0.248 e. The fourth-order valence-corrected chi connectivity index (χ4v) is 5.99. The summed E-state index contributed by atoms with van der Waals surface area (Å²) in [7, 11) is -6.66. The molecule has 9 heteroatoms. The molecule has 0 aliphatic heterocycles. The van der Waals surface area contributed by atoms with Crippen LogP contribution < -0.4 is 0 Å². The SMILES string of the molecule is CS(=O)(=O)CCCCC(c1nccs1)S(=O)(=O)c1ccc(Cl)cc1. The summed E-state index contributed by atoms with van der Waals surface area (Å²) >= 11 is 7.11. The molecule has 0 N–H and O–H groups in total. The molecule has 1 aromatic heterocycles. The first-order valence-electron chi connectivity index (χ1n) is 7.27. The molecule has 0 spiro atoms. The zero-order valence-corrected chi connectivity index (χ0v) is 16.3. The lowest BCUT2D eigenvalue weighted by Crippen LogP contribution is -2.14. The van der Waals surface area contributed by atoms with Crippen molar-refractivity contribution in [1.29, 1.82) is 0 Å². The number of rotatable bonds is 8. The molecule has 0 amide bonds. The maximum atomic E-state index is 12.9. The van der Waals surface area contributed by atoms with Gasteiger partial charge in [0.15, 0.2) is 9.84 Å². The summed E-state index contributed by atoms with van der Waals surface area (Å²) in [5.74, 6) is 0.0541. The minimum absolute atomic E-state index is 0.0541. The van der Waals surface area contributed by atoms with Crippen LogP contribution in [0.5, 0.6) is 0 Å². The second kappa shape index (κ2) is 7.95. The van der Waals surface area contributed by atoms with Crippen LogP contribution in [0, 0.1) is 0 Å². The minimum Gasteiger partial charge on any atom is -0.248 e. The number of hydrogen-bond donors (Lipinski definition) is 0. The van der Waals surface area contributed by atoms with Crippen molar-refractivity contribution in [3.63, 3.8) is 0 Å². The third kappa shape index (κ3) is 5.27. The van der Waals surface area contributed by atoms with Gasteiger partial charge in [-0.3, -0.25) is 0 Å². The van der Waals surface area contributed by atoms with Crippen molar-refractivity contribution in [2.75, 3.05) is 12.0 Å². The first-order valence-corrected chi connectivity index (χ1v) is 12.1. The lowest BCUT2D eigenvalue weighted by Gasteiger charge is -2.15. The van der Waals surface area contributed by atoms with Gasteiger partial charge < -0.3 is 0 Å². The van der Waals surface area contributed by atoms with Crippen molar-refractivity contribution in [3.05, 3.63) is 45.9 Å². The summed E-state index contributed by atoms with van der Waals surface area (Å²) < 4.78 is 48.3. The molecule has 0 aliphatic rings. The van der Waals surface area contributed by atoms with Gasteiger partial charge in [-0.1, -0.05) is 18.0 Å². The summed E-state index contributed by atoms with van der Waals surface area (Å²) in [6, 6.07) is 6.04. The summed E-state index contributed by atoms with van der Waals surface area (Å²) in [5, 5.41) is 1.94. The monoisotopic (exact) mass is 407 g/mol. The molecule has 0 saturated carbocycles. The molecular formula is C15H18ClNO4S3. The second-order valence-corrected chi connectivity index (χ2v) is 11.2. The maximum Gasteiger partial charge on any atom is 0.187 e. The van der Waals surface area contributed by atoms with Crippen LogP contribution in [0.25, 0.3) is 0 Å². The van der Waals surface area contributed by atoms with Gasteiger partial charge in [0, 0.05) is 28.6 Å². The van der Waals surface area contributed by atoms with Crippen molar-refractivity contribution in [1.82, 2.24) is 4.98 Å². The van der Waals surface area contributed by atoms with Crippen molar-refractivity contribution in [3.8, 4) is 0 Å². The van der Waals surface area contributed by atoms with Gasteiger partial charge >= 0.3 is 0 Å². The fraction of sp³-hybridized carbons (Fsp3) is 0.400. The number of thiazole rings is 1. The van der Waals surface area contributed by atoms with Gasteiger partial charge in [0.1, 0.15) is 20.1 Å². The summed E-state index contributed by atoms with van der Waals surface area (Å²) in [6.07, 6.45) is 3.99. The van der Waals surface area contributed by atoms with E-state index in [0.29, 0.717) is 29.3 Å². The normalized spacial score (nSPS) is 13.8. The van der Waals surface area contributed by atoms with Crippen LogP contribution in [0.15, 0.2) is 40.7 Å². The minimum atomic E-state index is -3.62. The van der Waals surface area contributed by atoms with E-state index >= 15 is 0 Å². The third-order valence-electron chi connectivity index (χ3n) is 3.48. The predicted molar refractivity (Wildman–Crippen MR) is 97.1 cm³/mol. The van der Waals surface area contributed by atoms with Gasteiger partial charge in [-0.05, 0) is 37.1 Å². The molecule has 0 aliphatic carbocycles. The highest BCUT2D eigenvalue weighted by Crippen LogP contribution is 2.34. The Hall–Kier alpha value is -0.960. The van der Waals surface area contributed by atoms with Crippen LogP contribution in [0.2, 0.25) is 5.02 Å². The summed E-state index contributed by atoms with van der Waals surface area (Å²) in [6.45, 7) is 0. The summed E-state index contributed by atoms with van der Waals surface area (Å²) in [5.41, 5.74) is 0. The predicted octanol–water partition coefficient (Wildman–Crippen LogP) is 3.53. The van der Waals surface area contributed by atoms with Crippen LogP contribution in [0.4, 0.5) is 0 Å². The van der Waals surface area contributed by atoms with Gasteiger partial charge in [-0.15, -0.1) is 11.3 Å². The van der Waals surface area contributed by atoms with Gasteiger partial charge in [-0.2, -0.15) is 0 Å². The van der Waals surface area contributed by atoms with E-state index in [2.05, 4.69) is 4.98 Å². The van der Waals surface area contributed by atoms with Gasteiger partial charge in [-0.25, -0.2) is 21.8 Å². The number of unbranched alkanes of at least 4 members (excludes halogenated alkanes) is 1. The molecule has 0 saturated heterocycles. The third-order valence-corrected chi connectivity index (χ3v) is 7.93. The molecular weight excluding hydrogens is 390 g/mol. The van der Waals surface area contributed by atoms with E-state index in [1.165, 1.54) is 41.9 Å². The zero-order valence-electron chi connectivity index (χ0n) is 13.1. The molecule has 1 aromatic carbocycles. The molecule has 5 nitrogen and oxygen atoms in total. The molecule has 0 radical (unpaired) electrons. The average Bonchev–Trinajstić information content (AvgIpc) is 3.00. The Balaban J connectivity index is 2.21. The number of hydrogen-bond acceptors (Lipinski definition) is 6. The molecule has 2 rings (SSSR count). The van der Waals surface area contributed by atoms with Crippen LogP contribution in [0.1, 0.15) is 29.5 Å².